The van der Waals surface area contributed by atoms with Crippen molar-refractivity contribution >= 4 is 11.9 Å². The molecule has 21 heavy (non-hydrogen) atoms. The quantitative estimate of drug-likeness (QED) is 0.741. The fourth-order valence-electron chi connectivity index (χ4n) is 1.79. The molecule has 0 aliphatic heterocycles. The predicted octanol–water partition coefficient (Wildman–Crippen LogP) is 0.109. The van der Waals surface area contributed by atoms with Gasteiger partial charge in [0.1, 0.15) is 0 Å². The van der Waals surface area contributed by atoms with Gasteiger partial charge in [0.2, 0.25) is 17.7 Å². The summed E-state index contributed by atoms with van der Waals surface area (Å²) in [6.45, 7) is -0.504. The molecule has 1 heterocycles. The van der Waals surface area contributed by atoms with Crippen LogP contribution in [0, 0.1) is 0 Å². The number of primary amides is 1. The molecule has 0 fully saturated rings. The number of nitrogens with zero attached hydrogens (tertiary/aromatic N) is 3. The van der Waals surface area contributed by atoms with Gasteiger partial charge in [0.15, 0.2) is 0 Å². The van der Waals surface area contributed by atoms with E-state index in [0.717, 1.165) is 5.56 Å². The lowest BCUT2D eigenvalue weighted by Gasteiger charge is -2.15. The summed E-state index contributed by atoms with van der Waals surface area (Å²) in [7, 11) is 0. The third-order valence-electron chi connectivity index (χ3n) is 2.58. The smallest absolute Gasteiger partial charge is 0.317 e. The molecule has 2 aromatic rings. The molecule has 0 saturated carbocycles. The van der Waals surface area contributed by atoms with Crippen LogP contribution in [-0.4, -0.2) is 45.2 Å². The molecule has 0 aliphatic carbocycles. The first-order valence-corrected chi connectivity index (χ1v) is 6.15. The molecule has 1 amide bonds. The van der Waals surface area contributed by atoms with Crippen LogP contribution >= 0.6 is 0 Å². The zero-order valence-corrected chi connectivity index (χ0v) is 11.1. The van der Waals surface area contributed by atoms with Gasteiger partial charge in [-0.3, -0.25) is 14.5 Å². The first-order valence-electron chi connectivity index (χ1n) is 6.15. The van der Waals surface area contributed by atoms with Gasteiger partial charge in [-0.15, -0.1) is 10.2 Å². The molecular weight excluding hydrogens is 276 g/mol. The van der Waals surface area contributed by atoms with Gasteiger partial charge in [0, 0.05) is 5.56 Å². The van der Waals surface area contributed by atoms with Crippen LogP contribution in [0.4, 0.5) is 0 Å². The maximum absolute atomic E-state index is 10.9. The first kappa shape index (κ1) is 14.7. The number of aromatic nitrogens is 2. The second-order valence-electron chi connectivity index (χ2n) is 4.37. The SMILES string of the molecule is NC(=O)CN(CC(=O)O)Cc1nnc(-c2ccccc2)o1. The summed E-state index contributed by atoms with van der Waals surface area (Å²) in [5.74, 6) is -1.14. The maximum atomic E-state index is 10.9. The molecular formula is C13H14N4O4. The molecule has 0 aliphatic rings. The molecule has 0 unspecified atom stereocenters. The van der Waals surface area contributed by atoms with Gasteiger partial charge in [-0.1, -0.05) is 18.2 Å². The highest BCUT2D eigenvalue weighted by Gasteiger charge is 2.17. The van der Waals surface area contributed by atoms with E-state index in [1.165, 1.54) is 4.90 Å². The number of hydrogen-bond acceptors (Lipinski definition) is 6. The molecule has 8 heteroatoms. The Morgan fingerprint density at radius 2 is 1.90 bits per heavy atom. The van der Waals surface area contributed by atoms with Crippen LogP contribution < -0.4 is 5.73 Å². The summed E-state index contributed by atoms with van der Waals surface area (Å²) < 4.78 is 5.45. The Labute approximate surface area is 120 Å². The number of aliphatic carboxylic acids is 1. The van der Waals surface area contributed by atoms with E-state index in [-0.39, 0.29) is 25.5 Å². The number of amides is 1. The maximum Gasteiger partial charge on any atom is 0.317 e. The molecule has 3 N–H and O–H groups in total. The number of carboxylic acids is 1. The van der Waals surface area contributed by atoms with Crippen LogP contribution in [-0.2, 0) is 16.1 Å². The Balaban J connectivity index is 2.09. The Kier molecular flexibility index (Phi) is 4.62. The summed E-state index contributed by atoms with van der Waals surface area (Å²) in [6, 6.07) is 9.17. The van der Waals surface area contributed by atoms with Crippen molar-refractivity contribution in [1.82, 2.24) is 15.1 Å². The Morgan fingerprint density at radius 1 is 1.19 bits per heavy atom. The minimum Gasteiger partial charge on any atom is -0.480 e. The zero-order chi connectivity index (χ0) is 15.2. The topological polar surface area (TPSA) is 123 Å². The fourth-order valence-corrected chi connectivity index (χ4v) is 1.79. The first-order chi connectivity index (χ1) is 10.0. The molecule has 1 aromatic carbocycles. The monoisotopic (exact) mass is 290 g/mol. The molecule has 1 aromatic heterocycles. The number of nitrogens with two attached hydrogens (primary N) is 1. The number of carbonyl (C=O) groups excluding carboxylic acids is 1. The van der Waals surface area contributed by atoms with Crippen molar-refractivity contribution in [2.75, 3.05) is 13.1 Å². The number of carboxylic acid groups (broad SMARTS) is 1. The van der Waals surface area contributed by atoms with Crippen molar-refractivity contribution in [3.8, 4) is 11.5 Å². The van der Waals surface area contributed by atoms with Crippen LogP contribution in [0.1, 0.15) is 5.89 Å². The van der Waals surface area contributed by atoms with E-state index in [4.69, 9.17) is 15.3 Å². The minimum atomic E-state index is -1.07. The van der Waals surface area contributed by atoms with E-state index >= 15 is 0 Å². The summed E-state index contributed by atoms with van der Waals surface area (Å²) in [6.07, 6.45) is 0. The standard InChI is InChI=1S/C13H14N4O4/c14-10(18)6-17(8-12(19)20)7-11-15-16-13(21-11)9-4-2-1-3-5-9/h1-5H,6-8H2,(H2,14,18)(H,19,20). The van der Waals surface area contributed by atoms with E-state index in [9.17, 15) is 9.59 Å². The van der Waals surface area contributed by atoms with Gasteiger partial charge < -0.3 is 15.3 Å². The van der Waals surface area contributed by atoms with Crippen molar-refractivity contribution in [2.45, 2.75) is 6.54 Å². The molecule has 0 atom stereocenters. The van der Waals surface area contributed by atoms with E-state index < -0.39 is 11.9 Å². The van der Waals surface area contributed by atoms with Crippen LogP contribution in [0.5, 0.6) is 0 Å². The predicted molar refractivity (Wildman–Crippen MR) is 71.8 cm³/mol. The van der Waals surface area contributed by atoms with E-state index in [0.29, 0.717) is 5.89 Å². The van der Waals surface area contributed by atoms with Crippen LogP contribution in [0.3, 0.4) is 0 Å². The lowest BCUT2D eigenvalue weighted by Crippen LogP contribution is -2.36. The van der Waals surface area contributed by atoms with Gasteiger partial charge in [0.25, 0.3) is 0 Å². The van der Waals surface area contributed by atoms with Gasteiger partial charge >= 0.3 is 5.97 Å². The Bertz CT molecular complexity index is 610. The third kappa shape index (κ3) is 4.39. The van der Waals surface area contributed by atoms with Crippen molar-refractivity contribution in [1.29, 1.82) is 0 Å². The lowest BCUT2D eigenvalue weighted by atomic mass is 10.2. The molecule has 0 saturated heterocycles. The van der Waals surface area contributed by atoms with Gasteiger partial charge in [-0.25, -0.2) is 0 Å². The van der Waals surface area contributed by atoms with Crippen LogP contribution in [0.15, 0.2) is 34.7 Å². The largest absolute Gasteiger partial charge is 0.480 e. The highest BCUT2D eigenvalue weighted by atomic mass is 16.4. The molecule has 8 nitrogen and oxygen atoms in total. The van der Waals surface area contributed by atoms with Crippen LogP contribution in [0.2, 0.25) is 0 Å². The molecule has 2 rings (SSSR count). The normalized spacial score (nSPS) is 10.7. The Morgan fingerprint density at radius 3 is 2.52 bits per heavy atom. The number of carbonyl (C=O) groups is 2. The third-order valence-corrected chi connectivity index (χ3v) is 2.58. The highest BCUT2D eigenvalue weighted by molar-refractivity contribution is 5.77. The number of benzene rings is 1. The molecule has 0 bridgehead atoms. The minimum absolute atomic E-state index is 0.0368. The lowest BCUT2D eigenvalue weighted by molar-refractivity contribution is -0.138. The summed E-state index contributed by atoms with van der Waals surface area (Å²) in [4.78, 5) is 23.0. The average Bonchev–Trinajstić information content (AvgIpc) is 2.86. The summed E-state index contributed by atoms with van der Waals surface area (Å²) in [5.41, 5.74) is 5.84. The van der Waals surface area contributed by atoms with Crippen molar-refractivity contribution in [2.24, 2.45) is 5.73 Å². The fraction of sp³-hybridized carbons (Fsp3) is 0.231. The molecule has 0 spiro atoms. The van der Waals surface area contributed by atoms with E-state index in [1.54, 1.807) is 0 Å². The van der Waals surface area contributed by atoms with Gasteiger partial charge in [-0.05, 0) is 12.1 Å². The molecule has 0 radical (unpaired) electrons. The highest BCUT2D eigenvalue weighted by Crippen LogP contribution is 2.17. The van der Waals surface area contributed by atoms with Gasteiger partial charge in [0.05, 0.1) is 19.6 Å². The summed E-state index contributed by atoms with van der Waals surface area (Å²) >= 11 is 0. The summed E-state index contributed by atoms with van der Waals surface area (Å²) in [5, 5.41) is 16.5. The van der Waals surface area contributed by atoms with Crippen LogP contribution in [0.25, 0.3) is 11.5 Å². The van der Waals surface area contributed by atoms with Crippen molar-refractivity contribution < 1.29 is 19.1 Å². The van der Waals surface area contributed by atoms with E-state index in [2.05, 4.69) is 10.2 Å². The van der Waals surface area contributed by atoms with E-state index in [1.807, 2.05) is 30.3 Å². The number of hydrogen-bond donors (Lipinski definition) is 2. The second kappa shape index (κ2) is 6.62. The zero-order valence-electron chi connectivity index (χ0n) is 11.1. The van der Waals surface area contributed by atoms with Gasteiger partial charge in [-0.2, -0.15) is 0 Å². The molecule has 110 valence electrons. The van der Waals surface area contributed by atoms with Crippen molar-refractivity contribution in [3.05, 3.63) is 36.2 Å². The Hall–Kier alpha value is -2.74. The second-order valence-corrected chi connectivity index (χ2v) is 4.37. The number of rotatable bonds is 7. The average molecular weight is 290 g/mol. The van der Waals surface area contributed by atoms with Crippen molar-refractivity contribution in [3.63, 3.8) is 0 Å².